The van der Waals surface area contributed by atoms with E-state index < -0.39 is 0 Å². The number of fused-ring (bicyclic) bond motifs is 1. The molecule has 0 aliphatic carbocycles. The van der Waals surface area contributed by atoms with Gasteiger partial charge >= 0.3 is 0 Å². The summed E-state index contributed by atoms with van der Waals surface area (Å²) in [5.41, 5.74) is 2.12. The first-order chi connectivity index (χ1) is 9.15. The molecule has 1 atom stereocenters. The minimum Gasteiger partial charge on any atom is -0.355 e. The van der Waals surface area contributed by atoms with Crippen molar-refractivity contribution in [2.24, 2.45) is 5.92 Å². The predicted octanol–water partition coefficient (Wildman–Crippen LogP) is 2.88. The monoisotopic (exact) mass is 278 g/mol. The van der Waals surface area contributed by atoms with Gasteiger partial charge < -0.3 is 4.90 Å². The van der Waals surface area contributed by atoms with Crippen LogP contribution in [0.2, 0.25) is 0 Å². The second-order valence-corrected chi connectivity index (χ2v) is 6.06. The molecular weight excluding hydrogens is 260 g/mol. The Morgan fingerprint density at radius 2 is 2.11 bits per heavy atom. The van der Waals surface area contributed by atoms with Crippen LogP contribution in [0.3, 0.4) is 0 Å². The fourth-order valence-electron chi connectivity index (χ4n) is 2.84. The number of hydrogen-bond acceptors (Lipinski definition) is 3. The SMILES string of the molecule is Cc1cc2c(N3CCC(C(C)Cl)CC3)nccn2n1. The van der Waals surface area contributed by atoms with Crippen molar-refractivity contribution >= 4 is 22.9 Å². The lowest BCUT2D eigenvalue weighted by Gasteiger charge is -2.34. The van der Waals surface area contributed by atoms with Crippen LogP contribution in [0, 0.1) is 12.8 Å². The molecule has 0 spiro atoms. The van der Waals surface area contributed by atoms with Gasteiger partial charge in [-0.1, -0.05) is 0 Å². The largest absolute Gasteiger partial charge is 0.355 e. The lowest BCUT2D eigenvalue weighted by molar-refractivity contribution is 0.399. The van der Waals surface area contributed by atoms with Crippen molar-refractivity contribution in [1.29, 1.82) is 0 Å². The highest BCUT2D eigenvalue weighted by atomic mass is 35.5. The molecule has 1 aliphatic rings. The van der Waals surface area contributed by atoms with Crippen molar-refractivity contribution in [1.82, 2.24) is 14.6 Å². The van der Waals surface area contributed by atoms with E-state index in [9.17, 15) is 0 Å². The summed E-state index contributed by atoms with van der Waals surface area (Å²) in [6, 6.07) is 2.10. The number of aromatic nitrogens is 3. The van der Waals surface area contributed by atoms with Gasteiger partial charge in [0.25, 0.3) is 0 Å². The third-order valence-corrected chi connectivity index (χ3v) is 4.34. The van der Waals surface area contributed by atoms with E-state index in [1.165, 1.54) is 0 Å². The van der Waals surface area contributed by atoms with Crippen molar-refractivity contribution in [3.8, 4) is 0 Å². The number of halogens is 1. The summed E-state index contributed by atoms with van der Waals surface area (Å²) in [6.07, 6.45) is 6.01. The molecule has 1 fully saturated rings. The van der Waals surface area contributed by atoms with Gasteiger partial charge in [0.05, 0.1) is 5.69 Å². The highest BCUT2D eigenvalue weighted by Crippen LogP contribution is 2.28. The lowest BCUT2D eigenvalue weighted by Crippen LogP contribution is -2.36. The van der Waals surface area contributed by atoms with Crippen LogP contribution >= 0.6 is 11.6 Å². The summed E-state index contributed by atoms with van der Waals surface area (Å²) in [4.78, 5) is 6.90. The second kappa shape index (κ2) is 5.00. The van der Waals surface area contributed by atoms with Gasteiger partial charge in [0.2, 0.25) is 0 Å². The average Bonchev–Trinajstić information content (AvgIpc) is 2.78. The summed E-state index contributed by atoms with van der Waals surface area (Å²) in [6.45, 7) is 6.16. The van der Waals surface area contributed by atoms with Crippen LogP contribution < -0.4 is 4.90 Å². The Morgan fingerprint density at radius 1 is 1.37 bits per heavy atom. The molecule has 1 saturated heterocycles. The summed E-state index contributed by atoms with van der Waals surface area (Å²) in [7, 11) is 0. The first-order valence-corrected chi connectivity index (χ1v) is 7.29. The highest BCUT2D eigenvalue weighted by Gasteiger charge is 2.24. The van der Waals surface area contributed by atoms with Crippen molar-refractivity contribution in [2.45, 2.75) is 32.1 Å². The van der Waals surface area contributed by atoms with E-state index >= 15 is 0 Å². The van der Waals surface area contributed by atoms with E-state index in [-0.39, 0.29) is 5.38 Å². The Morgan fingerprint density at radius 3 is 2.79 bits per heavy atom. The average molecular weight is 279 g/mol. The van der Waals surface area contributed by atoms with Crippen LogP contribution in [-0.4, -0.2) is 33.1 Å². The van der Waals surface area contributed by atoms with E-state index in [0.29, 0.717) is 5.92 Å². The zero-order valence-electron chi connectivity index (χ0n) is 11.4. The van der Waals surface area contributed by atoms with Crippen LogP contribution in [0.1, 0.15) is 25.5 Å². The lowest BCUT2D eigenvalue weighted by atomic mass is 9.94. The smallest absolute Gasteiger partial charge is 0.154 e. The van der Waals surface area contributed by atoms with Crippen molar-refractivity contribution in [3.05, 3.63) is 24.2 Å². The van der Waals surface area contributed by atoms with Crippen LogP contribution in [0.5, 0.6) is 0 Å². The van der Waals surface area contributed by atoms with Crippen LogP contribution in [-0.2, 0) is 0 Å². The third-order valence-electron chi connectivity index (χ3n) is 3.98. The Balaban J connectivity index is 1.85. The molecule has 3 rings (SSSR count). The number of piperidine rings is 1. The molecule has 19 heavy (non-hydrogen) atoms. The molecule has 4 nitrogen and oxygen atoms in total. The molecule has 2 aromatic heterocycles. The summed E-state index contributed by atoms with van der Waals surface area (Å²) in [5.74, 6) is 1.67. The number of aryl methyl sites for hydroxylation is 1. The fourth-order valence-corrected chi connectivity index (χ4v) is 3.10. The summed E-state index contributed by atoms with van der Waals surface area (Å²) < 4.78 is 1.91. The van der Waals surface area contributed by atoms with Crippen molar-refractivity contribution < 1.29 is 0 Å². The maximum atomic E-state index is 6.20. The van der Waals surface area contributed by atoms with Gasteiger partial charge in [0, 0.05) is 30.9 Å². The first kappa shape index (κ1) is 12.7. The van der Waals surface area contributed by atoms with Crippen molar-refractivity contribution in [3.63, 3.8) is 0 Å². The van der Waals surface area contributed by atoms with E-state index in [1.807, 2.05) is 23.8 Å². The molecule has 0 bridgehead atoms. The molecule has 0 N–H and O–H groups in total. The van der Waals surface area contributed by atoms with Gasteiger partial charge in [-0.05, 0) is 38.7 Å². The van der Waals surface area contributed by atoms with E-state index in [1.54, 1.807) is 0 Å². The molecule has 102 valence electrons. The van der Waals surface area contributed by atoms with Gasteiger partial charge in [-0.2, -0.15) is 5.10 Å². The Bertz CT molecular complexity index is 570. The minimum atomic E-state index is 0.267. The van der Waals surface area contributed by atoms with Gasteiger partial charge in [-0.15, -0.1) is 11.6 Å². The third kappa shape index (κ3) is 2.41. The Hall–Kier alpha value is -1.29. The second-order valence-electron chi connectivity index (χ2n) is 5.37. The van der Waals surface area contributed by atoms with Crippen LogP contribution in [0.15, 0.2) is 18.5 Å². The molecular formula is C14H19ClN4. The Labute approximate surface area is 118 Å². The molecule has 0 amide bonds. The summed E-state index contributed by atoms with van der Waals surface area (Å²) in [5, 5.41) is 4.71. The maximum Gasteiger partial charge on any atom is 0.154 e. The topological polar surface area (TPSA) is 33.4 Å². The number of anilines is 1. The molecule has 2 aromatic rings. The zero-order valence-corrected chi connectivity index (χ0v) is 12.1. The number of hydrogen-bond donors (Lipinski definition) is 0. The predicted molar refractivity (Wildman–Crippen MR) is 78.0 cm³/mol. The van der Waals surface area contributed by atoms with Crippen molar-refractivity contribution in [2.75, 3.05) is 18.0 Å². The molecule has 1 unspecified atom stereocenters. The molecule has 3 heterocycles. The van der Waals surface area contributed by atoms with Crippen LogP contribution in [0.25, 0.3) is 5.52 Å². The highest BCUT2D eigenvalue weighted by molar-refractivity contribution is 6.20. The zero-order chi connectivity index (χ0) is 13.4. The van der Waals surface area contributed by atoms with E-state index in [2.05, 4.69) is 28.0 Å². The van der Waals surface area contributed by atoms with Crippen LogP contribution in [0.4, 0.5) is 5.82 Å². The molecule has 0 saturated carbocycles. The quantitative estimate of drug-likeness (QED) is 0.792. The molecule has 5 heteroatoms. The van der Waals surface area contributed by atoms with E-state index in [0.717, 1.165) is 43.0 Å². The number of rotatable bonds is 2. The maximum absolute atomic E-state index is 6.20. The van der Waals surface area contributed by atoms with Gasteiger partial charge in [-0.3, -0.25) is 0 Å². The summed E-state index contributed by atoms with van der Waals surface area (Å²) >= 11 is 6.20. The standard InChI is InChI=1S/C14H19ClN4/c1-10-9-13-14(16-5-8-19(13)17-10)18-6-3-12(4-7-18)11(2)15/h5,8-9,11-12H,3-4,6-7H2,1-2H3. The number of alkyl halides is 1. The minimum absolute atomic E-state index is 0.267. The molecule has 0 aromatic carbocycles. The van der Waals surface area contributed by atoms with Gasteiger partial charge in [0.15, 0.2) is 5.82 Å². The van der Waals surface area contributed by atoms with Gasteiger partial charge in [-0.25, -0.2) is 9.50 Å². The first-order valence-electron chi connectivity index (χ1n) is 6.85. The molecule has 0 radical (unpaired) electrons. The normalized spacial score (nSPS) is 19.0. The van der Waals surface area contributed by atoms with E-state index in [4.69, 9.17) is 11.6 Å². The Kier molecular flexibility index (Phi) is 3.35. The number of nitrogens with zero attached hydrogens (tertiary/aromatic N) is 4. The fraction of sp³-hybridized carbons (Fsp3) is 0.571. The van der Waals surface area contributed by atoms with Gasteiger partial charge in [0.1, 0.15) is 5.52 Å². The molecule has 1 aliphatic heterocycles.